The molecule has 0 spiro atoms. The highest BCUT2D eigenvalue weighted by atomic mass is 35.5. The number of rotatable bonds is 3. The fraction of sp³-hybridized carbons (Fsp3) is 0.618. The number of nitrogens with zero attached hydrogens (tertiary/aromatic N) is 5. The zero-order chi connectivity index (χ0) is 28.8. The SMILES string of the molecule is Cc1cc(Cl)c2c(c1)-c1ncc3c(nc(CCC45CCCN4CC(F)C5)nc3c1F)N1CCCC(CCCCCC2)C1. The second-order valence-corrected chi connectivity index (χ2v) is 13.8. The van der Waals surface area contributed by atoms with Crippen molar-refractivity contribution in [2.45, 2.75) is 102 Å². The molecular formula is C34H42ClF2N5. The molecule has 7 heterocycles. The number of alkyl halides is 1. The van der Waals surface area contributed by atoms with Gasteiger partial charge in [0.1, 0.15) is 29.0 Å². The molecule has 0 N–H and O–H groups in total. The summed E-state index contributed by atoms with van der Waals surface area (Å²) in [6.45, 7) is 5.33. The maximum absolute atomic E-state index is 16.7. The zero-order valence-corrected chi connectivity index (χ0v) is 25.5. The lowest BCUT2D eigenvalue weighted by atomic mass is 9.88. The number of piperidine rings is 1. The number of hydrogen-bond acceptors (Lipinski definition) is 5. The summed E-state index contributed by atoms with van der Waals surface area (Å²) in [6, 6.07) is 3.99. The van der Waals surface area contributed by atoms with Crippen LogP contribution in [0.3, 0.4) is 0 Å². The Labute approximate surface area is 253 Å². The fourth-order valence-electron chi connectivity index (χ4n) is 8.40. The molecule has 0 radical (unpaired) electrons. The van der Waals surface area contributed by atoms with Crippen molar-refractivity contribution in [3.63, 3.8) is 0 Å². The largest absolute Gasteiger partial charge is 0.356 e. The van der Waals surface area contributed by atoms with Crippen LogP contribution in [-0.2, 0) is 12.8 Å². The van der Waals surface area contributed by atoms with Crippen LogP contribution in [0.25, 0.3) is 22.2 Å². The third kappa shape index (κ3) is 5.29. The van der Waals surface area contributed by atoms with Crippen molar-refractivity contribution in [2.75, 3.05) is 31.1 Å². The summed E-state index contributed by atoms with van der Waals surface area (Å²) in [4.78, 5) is 19.5. The monoisotopic (exact) mass is 593 g/mol. The molecule has 224 valence electrons. The Hall–Kier alpha value is -2.38. The van der Waals surface area contributed by atoms with Crippen molar-refractivity contribution in [1.82, 2.24) is 19.9 Å². The molecular weight excluding hydrogens is 552 g/mol. The summed E-state index contributed by atoms with van der Waals surface area (Å²) >= 11 is 6.79. The first kappa shape index (κ1) is 28.4. The van der Waals surface area contributed by atoms with Crippen LogP contribution in [0.4, 0.5) is 14.6 Å². The number of fused-ring (bicyclic) bond motifs is 7. The first-order valence-electron chi connectivity index (χ1n) is 16.2. The molecule has 0 saturated carbocycles. The van der Waals surface area contributed by atoms with Gasteiger partial charge in [-0.3, -0.25) is 9.88 Å². The molecule has 3 saturated heterocycles. The average molecular weight is 594 g/mol. The number of anilines is 1. The third-order valence-corrected chi connectivity index (χ3v) is 10.8. The molecule has 5 nitrogen and oxygen atoms in total. The second-order valence-electron chi connectivity index (χ2n) is 13.4. The predicted molar refractivity (Wildman–Crippen MR) is 166 cm³/mol. The van der Waals surface area contributed by atoms with Gasteiger partial charge in [0.15, 0.2) is 5.82 Å². The van der Waals surface area contributed by atoms with Gasteiger partial charge < -0.3 is 4.90 Å². The van der Waals surface area contributed by atoms with Crippen LogP contribution in [0, 0.1) is 18.7 Å². The Morgan fingerprint density at radius 2 is 1.88 bits per heavy atom. The van der Waals surface area contributed by atoms with E-state index in [1.807, 2.05) is 19.1 Å². The lowest BCUT2D eigenvalue weighted by Gasteiger charge is -2.35. The van der Waals surface area contributed by atoms with Crippen molar-refractivity contribution in [1.29, 1.82) is 0 Å². The Bertz CT molecular complexity index is 1480. The van der Waals surface area contributed by atoms with E-state index < -0.39 is 12.0 Å². The van der Waals surface area contributed by atoms with Crippen LogP contribution in [0.5, 0.6) is 0 Å². The Kier molecular flexibility index (Phi) is 7.85. The van der Waals surface area contributed by atoms with Gasteiger partial charge in [-0.15, -0.1) is 0 Å². The molecule has 0 aliphatic carbocycles. The Balaban J connectivity index is 1.35. The topological polar surface area (TPSA) is 45.2 Å². The number of aromatic nitrogens is 3. The van der Waals surface area contributed by atoms with E-state index in [9.17, 15) is 4.39 Å². The summed E-state index contributed by atoms with van der Waals surface area (Å²) in [6.07, 6.45) is 14.1. The summed E-state index contributed by atoms with van der Waals surface area (Å²) in [5.74, 6) is 1.68. The minimum Gasteiger partial charge on any atom is -0.356 e. The van der Waals surface area contributed by atoms with Crippen molar-refractivity contribution < 1.29 is 8.78 Å². The molecule has 3 fully saturated rings. The highest BCUT2D eigenvalue weighted by Gasteiger charge is 2.48. The summed E-state index contributed by atoms with van der Waals surface area (Å²) in [5, 5.41) is 1.36. The average Bonchev–Trinajstić information content (AvgIpc) is 3.50. The van der Waals surface area contributed by atoms with E-state index in [1.165, 1.54) is 25.7 Å². The zero-order valence-electron chi connectivity index (χ0n) is 24.8. The highest BCUT2D eigenvalue weighted by molar-refractivity contribution is 6.31. The van der Waals surface area contributed by atoms with Gasteiger partial charge in [0.2, 0.25) is 0 Å². The van der Waals surface area contributed by atoms with Crippen LogP contribution in [0.1, 0.15) is 87.6 Å². The molecule has 6 bridgehead atoms. The molecule has 0 amide bonds. The fourth-order valence-corrected chi connectivity index (χ4v) is 8.77. The minimum absolute atomic E-state index is 0.114. The normalized spacial score (nSPS) is 26.7. The van der Waals surface area contributed by atoms with E-state index in [0.717, 1.165) is 87.1 Å². The number of hydrogen-bond donors (Lipinski definition) is 0. The molecule has 8 rings (SSSR count). The molecule has 1 aromatic carbocycles. The van der Waals surface area contributed by atoms with Crippen LogP contribution in [0.2, 0.25) is 5.02 Å². The first-order valence-corrected chi connectivity index (χ1v) is 16.6. The quantitative estimate of drug-likeness (QED) is 0.308. The molecule has 5 aliphatic rings. The van der Waals surface area contributed by atoms with Crippen LogP contribution >= 0.6 is 11.6 Å². The van der Waals surface area contributed by atoms with Gasteiger partial charge in [0.05, 0.1) is 5.39 Å². The Morgan fingerprint density at radius 1 is 1.02 bits per heavy atom. The van der Waals surface area contributed by atoms with E-state index >= 15 is 4.39 Å². The summed E-state index contributed by atoms with van der Waals surface area (Å²) < 4.78 is 31.2. The molecule has 2 aromatic heterocycles. The van der Waals surface area contributed by atoms with Gasteiger partial charge in [0.25, 0.3) is 0 Å². The molecule has 42 heavy (non-hydrogen) atoms. The van der Waals surface area contributed by atoms with Crippen LogP contribution in [-0.4, -0.2) is 57.7 Å². The lowest BCUT2D eigenvalue weighted by molar-refractivity contribution is 0.181. The molecule has 8 heteroatoms. The first-order chi connectivity index (χ1) is 20.4. The Morgan fingerprint density at radius 3 is 2.79 bits per heavy atom. The standard InChI is InChI=1S/C34H42ClF2N5/c1-22-16-26-25(28(35)17-22)10-5-3-2-4-8-23-9-6-14-41(20-23)33-27-19-38-31(26)30(37)32(27)39-29(40-33)11-13-34-12-7-15-42(34)21-24(36)18-34/h16-17,19,23-24H,2-15,18,20-21H2,1H3. The van der Waals surface area contributed by atoms with E-state index in [-0.39, 0.29) is 5.54 Å². The van der Waals surface area contributed by atoms with E-state index in [2.05, 4.69) is 9.80 Å². The van der Waals surface area contributed by atoms with Gasteiger partial charge in [-0.25, -0.2) is 18.7 Å². The maximum atomic E-state index is 16.7. The van der Waals surface area contributed by atoms with Gasteiger partial charge >= 0.3 is 0 Å². The minimum atomic E-state index is -0.767. The number of benzene rings is 1. The number of halogens is 3. The highest BCUT2D eigenvalue weighted by Crippen LogP contribution is 2.43. The van der Waals surface area contributed by atoms with Crippen molar-refractivity contribution in [2.24, 2.45) is 5.92 Å². The van der Waals surface area contributed by atoms with Crippen LogP contribution < -0.4 is 4.90 Å². The summed E-state index contributed by atoms with van der Waals surface area (Å²) in [7, 11) is 0. The van der Waals surface area contributed by atoms with Crippen molar-refractivity contribution in [3.8, 4) is 11.3 Å². The number of pyridine rings is 1. The lowest BCUT2D eigenvalue weighted by Crippen LogP contribution is -2.38. The molecule has 3 aromatic rings. The van der Waals surface area contributed by atoms with E-state index in [4.69, 9.17) is 26.6 Å². The summed E-state index contributed by atoms with van der Waals surface area (Å²) in [5.41, 5.74) is 3.27. The molecule has 5 aliphatic heterocycles. The van der Waals surface area contributed by atoms with Gasteiger partial charge in [-0.05, 0) is 100 Å². The molecule has 3 atom stereocenters. The van der Waals surface area contributed by atoms with Gasteiger partial charge in [0, 0.05) is 48.4 Å². The smallest absolute Gasteiger partial charge is 0.175 e. The van der Waals surface area contributed by atoms with Gasteiger partial charge in [-0.2, -0.15) is 0 Å². The van der Waals surface area contributed by atoms with E-state index in [1.54, 1.807) is 6.20 Å². The van der Waals surface area contributed by atoms with Crippen LogP contribution in [0.15, 0.2) is 18.3 Å². The van der Waals surface area contributed by atoms with Crippen molar-refractivity contribution in [3.05, 3.63) is 46.1 Å². The number of aryl methyl sites for hydroxylation is 2. The molecule has 3 unspecified atom stereocenters. The van der Waals surface area contributed by atoms with Crippen molar-refractivity contribution >= 4 is 28.3 Å². The predicted octanol–water partition coefficient (Wildman–Crippen LogP) is 8.02. The third-order valence-electron chi connectivity index (χ3n) is 10.5. The van der Waals surface area contributed by atoms with E-state index in [0.29, 0.717) is 52.7 Å². The second kappa shape index (κ2) is 11.6. The van der Waals surface area contributed by atoms with Gasteiger partial charge in [-0.1, -0.05) is 30.9 Å². The maximum Gasteiger partial charge on any atom is 0.175 e.